The molecule has 1 amide bonds. The monoisotopic (exact) mass is 238 g/mol. The van der Waals surface area contributed by atoms with Crippen molar-refractivity contribution in [2.45, 2.75) is 51.5 Å². The van der Waals surface area contributed by atoms with Crippen molar-refractivity contribution in [2.24, 2.45) is 17.8 Å². The van der Waals surface area contributed by atoms with Gasteiger partial charge in [-0.1, -0.05) is 6.42 Å². The van der Waals surface area contributed by atoms with Crippen LogP contribution in [0, 0.1) is 17.8 Å². The van der Waals surface area contributed by atoms with E-state index in [0.717, 1.165) is 30.7 Å². The number of rotatable bonds is 6. The highest BCUT2D eigenvalue weighted by Crippen LogP contribution is 2.49. The van der Waals surface area contributed by atoms with Crippen LogP contribution in [0.25, 0.3) is 0 Å². The molecule has 4 unspecified atom stereocenters. The Labute approximate surface area is 105 Å². The van der Waals surface area contributed by atoms with Gasteiger partial charge in [-0.05, 0) is 56.9 Å². The fraction of sp³-hybridized carbons (Fsp3) is 0.929. The van der Waals surface area contributed by atoms with Gasteiger partial charge in [-0.15, -0.1) is 0 Å². The summed E-state index contributed by atoms with van der Waals surface area (Å²) in [5.74, 6) is 3.06. The average Bonchev–Trinajstić information content (AvgIpc) is 2.96. The summed E-state index contributed by atoms with van der Waals surface area (Å²) in [5.41, 5.74) is 0. The Morgan fingerprint density at radius 1 is 1.35 bits per heavy atom. The lowest BCUT2D eigenvalue weighted by Gasteiger charge is -2.28. The Kier molecular flexibility index (Phi) is 4.43. The molecular formula is C14H26N2O. The van der Waals surface area contributed by atoms with Crippen molar-refractivity contribution in [1.29, 1.82) is 0 Å². The Bertz CT molecular complexity index is 267. The largest absolute Gasteiger partial charge is 0.359 e. The van der Waals surface area contributed by atoms with Crippen molar-refractivity contribution in [1.82, 2.24) is 10.6 Å². The first-order valence-corrected chi connectivity index (χ1v) is 7.14. The van der Waals surface area contributed by atoms with Crippen LogP contribution >= 0.6 is 0 Å². The van der Waals surface area contributed by atoms with Gasteiger partial charge in [0, 0.05) is 19.5 Å². The number of carbonyl (C=O) groups is 1. The predicted molar refractivity (Wildman–Crippen MR) is 69.7 cm³/mol. The highest BCUT2D eigenvalue weighted by atomic mass is 16.1. The molecule has 4 atom stereocenters. The minimum absolute atomic E-state index is 0.152. The highest BCUT2D eigenvalue weighted by molar-refractivity contribution is 5.75. The second-order valence-electron chi connectivity index (χ2n) is 5.86. The predicted octanol–water partition coefficient (Wildman–Crippen LogP) is 1.93. The summed E-state index contributed by atoms with van der Waals surface area (Å²) < 4.78 is 0. The number of hydrogen-bond donors (Lipinski definition) is 2. The summed E-state index contributed by atoms with van der Waals surface area (Å²) in [6, 6.07) is 0.634. The molecule has 0 aromatic rings. The van der Waals surface area contributed by atoms with Crippen molar-refractivity contribution in [2.75, 3.05) is 13.6 Å². The molecule has 2 aliphatic carbocycles. The smallest absolute Gasteiger partial charge is 0.219 e. The van der Waals surface area contributed by atoms with E-state index in [1.807, 2.05) is 0 Å². The second-order valence-corrected chi connectivity index (χ2v) is 5.86. The van der Waals surface area contributed by atoms with Gasteiger partial charge in [0.1, 0.15) is 0 Å². The van der Waals surface area contributed by atoms with E-state index in [2.05, 4.69) is 17.6 Å². The van der Waals surface area contributed by atoms with E-state index in [1.165, 1.54) is 25.7 Å². The Balaban J connectivity index is 1.61. The van der Waals surface area contributed by atoms with E-state index >= 15 is 0 Å². The van der Waals surface area contributed by atoms with Crippen molar-refractivity contribution in [3.8, 4) is 0 Å². The third kappa shape index (κ3) is 3.21. The maximum absolute atomic E-state index is 11.1. The molecular weight excluding hydrogens is 212 g/mol. The molecule has 0 saturated heterocycles. The van der Waals surface area contributed by atoms with Crippen LogP contribution in [0.15, 0.2) is 0 Å². The Morgan fingerprint density at radius 3 is 2.76 bits per heavy atom. The van der Waals surface area contributed by atoms with Crippen molar-refractivity contribution < 1.29 is 4.79 Å². The number of nitrogens with one attached hydrogen (secondary N) is 2. The van der Waals surface area contributed by atoms with Gasteiger partial charge in [0.15, 0.2) is 0 Å². The zero-order chi connectivity index (χ0) is 12.3. The van der Waals surface area contributed by atoms with Crippen LogP contribution < -0.4 is 10.6 Å². The SMILES string of the molecule is CNC(=O)CCCNC(C)C1CC2CCC1C2. The topological polar surface area (TPSA) is 41.1 Å². The lowest BCUT2D eigenvalue weighted by Crippen LogP contribution is -2.37. The number of carbonyl (C=O) groups excluding carboxylic acids is 1. The molecule has 0 radical (unpaired) electrons. The van der Waals surface area contributed by atoms with Gasteiger partial charge in [-0.25, -0.2) is 0 Å². The molecule has 2 fully saturated rings. The first kappa shape index (κ1) is 12.9. The molecule has 0 heterocycles. The van der Waals surface area contributed by atoms with Gasteiger partial charge >= 0.3 is 0 Å². The second kappa shape index (κ2) is 5.85. The fourth-order valence-corrected chi connectivity index (χ4v) is 3.76. The zero-order valence-electron chi connectivity index (χ0n) is 11.2. The molecule has 17 heavy (non-hydrogen) atoms. The first-order chi connectivity index (χ1) is 8.20. The van der Waals surface area contributed by atoms with E-state index in [4.69, 9.17) is 0 Å². The van der Waals surface area contributed by atoms with Gasteiger partial charge < -0.3 is 10.6 Å². The molecule has 0 aromatic heterocycles. The standard InChI is InChI=1S/C14H26N2O/c1-10(16-7-3-4-14(17)15-2)13-9-11-5-6-12(13)8-11/h10-13,16H,3-9H2,1-2H3,(H,15,17). The number of amides is 1. The van der Waals surface area contributed by atoms with Gasteiger partial charge in [0.25, 0.3) is 0 Å². The van der Waals surface area contributed by atoms with Crippen LogP contribution in [0.2, 0.25) is 0 Å². The molecule has 2 N–H and O–H groups in total. The molecule has 2 aliphatic rings. The van der Waals surface area contributed by atoms with Crippen LogP contribution in [0.3, 0.4) is 0 Å². The minimum Gasteiger partial charge on any atom is -0.359 e. The van der Waals surface area contributed by atoms with Crippen LogP contribution in [0.4, 0.5) is 0 Å². The van der Waals surface area contributed by atoms with E-state index in [1.54, 1.807) is 7.05 Å². The quantitative estimate of drug-likeness (QED) is 0.694. The Morgan fingerprint density at radius 2 is 2.18 bits per heavy atom. The van der Waals surface area contributed by atoms with Crippen molar-refractivity contribution >= 4 is 5.91 Å². The van der Waals surface area contributed by atoms with Crippen LogP contribution in [0.5, 0.6) is 0 Å². The van der Waals surface area contributed by atoms with Crippen molar-refractivity contribution in [3.05, 3.63) is 0 Å². The molecule has 3 nitrogen and oxygen atoms in total. The molecule has 0 spiro atoms. The summed E-state index contributed by atoms with van der Waals surface area (Å²) in [7, 11) is 1.70. The molecule has 2 rings (SSSR count). The van der Waals surface area contributed by atoms with Crippen LogP contribution in [0.1, 0.15) is 45.4 Å². The van der Waals surface area contributed by atoms with Gasteiger partial charge in [0.05, 0.1) is 0 Å². The third-order valence-electron chi connectivity index (χ3n) is 4.76. The zero-order valence-corrected chi connectivity index (χ0v) is 11.2. The van der Waals surface area contributed by atoms with E-state index < -0.39 is 0 Å². The minimum atomic E-state index is 0.152. The summed E-state index contributed by atoms with van der Waals surface area (Å²) in [6.07, 6.45) is 7.45. The first-order valence-electron chi connectivity index (χ1n) is 7.14. The molecule has 2 saturated carbocycles. The summed E-state index contributed by atoms with van der Waals surface area (Å²) >= 11 is 0. The molecule has 0 aromatic carbocycles. The number of hydrogen-bond acceptors (Lipinski definition) is 2. The maximum atomic E-state index is 11.1. The maximum Gasteiger partial charge on any atom is 0.219 e. The molecule has 2 bridgehead atoms. The van der Waals surface area contributed by atoms with E-state index in [-0.39, 0.29) is 5.91 Å². The molecule has 98 valence electrons. The van der Waals surface area contributed by atoms with Gasteiger partial charge in [-0.3, -0.25) is 4.79 Å². The summed E-state index contributed by atoms with van der Waals surface area (Å²) in [4.78, 5) is 11.1. The third-order valence-corrected chi connectivity index (χ3v) is 4.76. The van der Waals surface area contributed by atoms with Crippen LogP contribution in [-0.2, 0) is 4.79 Å². The molecule has 3 heteroatoms. The van der Waals surface area contributed by atoms with Gasteiger partial charge in [0.2, 0.25) is 5.91 Å². The number of fused-ring (bicyclic) bond motifs is 2. The normalized spacial score (nSPS) is 32.7. The van der Waals surface area contributed by atoms with E-state index in [9.17, 15) is 4.79 Å². The fourth-order valence-electron chi connectivity index (χ4n) is 3.76. The highest BCUT2D eigenvalue weighted by Gasteiger charge is 2.41. The van der Waals surface area contributed by atoms with E-state index in [0.29, 0.717) is 12.5 Å². The summed E-state index contributed by atoms with van der Waals surface area (Å²) in [5, 5.41) is 6.27. The molecule has 0 aliphatic heterocycles. The summed E-state index contributed by atoms with van der Waals surface area (Å²) in [6.45, 7) is 3.30. The average molecular weight is 238 g/mol. The van der Waals surface area contributed by atoms with Crippen molar-refractivity contribution in [3.63, 3.8) is 0 Å². The Hall–Kier alpha value is -0.570. The van der Waals surface area contributed by atoms with Gasteiger partial charge in [-0.2, -0.15) is 0 Å². The lowest BCUT2D eigenvalue weighted by atomic mass is 9.84. The van der Waals surface area contributed by atoms with Crippen LogP contribution in [-0.4, -0.2) is 25.5 Å². The lowest BCUT2D eigenvalue weighted by molar-refractivity contribution is -0.120.